The number of nitrogens with one attached hydrogen (secondary N) is 1. The number of nitrogens with zero attached hydrogens (tertiary/aromatic N) is 1. The van der Waals surface area contributed by atoms with Gasteiger partial charge in [-0.2, -0.15) is 0 Å². The Morgan fingerprint density at radius 1 is 0.943 bits per heavy atom. The number of halogens is 1. The molecule has 3 aromatic carbocycles. The van der Waals surface area contributed by atoms with Crippen molar-refractivity contribution in [3.05, 3.63) is 95.9 Å². The summed E-state index contributed by atoms with van der Waals surface area (Å²) < 4.78 is 24.9. The van der Waals surface area contributed by atoms with E-state index in [1.165, 1.54) is 12.1 Å². The average molecular weight is 473 g/mol. The van der Waals surface area contributed by atoms with Crippen LogP contribution in [0.5, 0.6) is 11.5 Å². The van der Waals surface area contributed by atoms with Crippen LogP contribution in [0.25, 0.3) is 10.9 Å². The molecule has 1 fully saturated rings. The fraction of sp³-hybridized carbons (Fsp3) is 0.214. The van der Waals surface area contributed by atoms with Crippen LogP contribution in [0, 0.1) is 5.82 Å². The zero-order valence-corrected chi connectivity index (χ0v) is 19.1. The number of fused-ring (bicyclic) bond motifs is 1. The highest BCUT2D eigenvalue weighted by molar-refractivity contribution is 6.44. The number of hydrogen-bond donors (Lipinski definition) is 1. The quantitative estimate of drug-likeness (QED) is 0.299. The van der Waals surface area contributed by atoms with Crippen molar-refractivity contribution in [2.75, 3.05) is 13.1 Å². The highest BCUT2D eigenvalue weighted by atomic mass is 19.1. The molecule has 0 aliphatic carbocycles. The molecule has 4 aromatic rings. The lowest BCUT2D eigenvalue weighted by Crippen LogP contribution is -2.44. The molecule has 0 atom stereocenters. The molecule has 178 valence electrons. The minimum absolute atomic E-state index is 0.0861. The van der Waals surface area contributed by atoms with Crippen LogP contribution >= 0.6 is 0 Å². The number of ether oxygens (including phenoxy) is 2. The predicted octanol–water partition coefficient (Wildman–Crippen LogP) is 5.14. The van der Waals surface area contributed by atoms with Crippen LogP contribution in [0.1, 0.15) is 28.8 Å². The molecule has 5 rings (SSSR count). The lowest BCUT2D eigenvalue weighted by atomic mass is 10.0. The Morgan fingerprint density at radius 2 is 1.66 bits per heavy atom. The number of benzene rings is 3. The van der Waals surface area contributed by atoms with E-state index in [0.29, 0.717) is 55.0 Å². The van der Waals surface area contributed by atoms with E-state index in [2.05, 4.69) is 4.98 Å². The Hall–Kier alpha value is -4.13. The molecular weight excluding hydrogens is 447 g/mol. The Kier molecular flexibility index (Phi) is 6.48. The second kappa shape index (κ2) is 10.0. The summed E-state index contributed by atoms with van der Waals surface area (Å²) in [4.78, 5) is 30.7. The molecular formula is C28H25FN2O4. The van der Waals surface area contributed by atoms with Crippen LogP contribution in [0.15, 0.2) is 79.0 Å². The molecule has 1 N–H and O–H groups in total. The van der Waals surface area contributed by atoms with E-state index >= 15 is 0 Å². The van der Waals surface area contributed by atoms with Gasteiger partial charge in [0.25, 0.3) is 11.7 Å². The molecule has 6 nitrogen and oxygen atoms in total. The number of likely N-dealkylation sites (tertiary alicyclic amines) is 1. The van der Waals surface area contributed by atoms with E-state index in [1.807, 2.05) is 42.5 Å². The molecule has 0 unspecified atom stereocenters. The number of H-pyrrole nitrogens is 1. The van der Waals surface area contributed by atoms with Gasteiger partial charge in [0, 0.05) is 43.0 Å². The smallest absolute Gasteiger partial charge is 0.295 e. The normalized spacial score (nSPS) is 14.1. The standard InChI is InChI=1S/C28H25FN2O4/c29-20-6-8-21(9-7-20)35-22-12-14-31(15-13-22)28(33)27(32)25-17-30-26-11-10-23(16-24(25)26)34-18-19-4-2-1-3-5-19/h1-11,16-17,22,30H,12-15,18H2. The molecule has 0 saturated carbocycles. The molecule has 0 spiro atoms. The van der Waals surface area contributed by atoms with Gasteiger partial charge in [-0.25, -0.2) is 4.39 Å². The zero-order valence-electron chi connectivity index (χ0n) is 19.1. The summed E-state index contributed by atoms with van der Waals surface area (Å²) in [6.45, 7) is 1.25. The van der Waals surface area contributed by atoms with Gasteiger partial charge < -0.3 is 19.4 Å². The van der Waals surface area contributed by atoms with Gasteiger partial charge in [-0.05, 0) is 48.0 Å². The van der Waals surface area contributed by atoms with Crippen molar-refractivity contribution >= 4 is 22.6 Å². The Bertz CT molecular complexity index is 1330. The predicted molar refractivity (Wildman–Crippen MR) is 130 cm³/mol. The molecule has 0 radical (unpaired) electrons. The topological polar surface area (TPSA) is 71.6 Å². The van der Waals surface area contributed by atoms with E-state index < -0.39 is 11.7 Å². The second-order valence-corrected chi connectivity index (χ2v) is 8.58. The van der Waals surface area contributed by atoms with Gasteiger partial charge >= 0.3 is 0 Å². The first kappa shape index (κ1) is 22.7. The minimum atomic E-state index is -0.547. The van der Waals surface area contributed by atoms with Crippen molar-refractivity contribution in [1.82, 2.24) is 9.88 Å². The number of piperidine rings is 1. The van der Waals surface area contributed by atoms with Gasteiger partial charge in [0.05, 0.1) is 5.56 Å². The first-order valence-corrected chi connectivity index (χ1v) is 11.6. The Labute approximate surface area is 202 Å². The lowest BCUT2D eigenvalue weighted by Gasteiger charge is -2.31. The Balaban J connectivity index is 1.22. The summed E-state index contributed by atoms with van der Waals surface area (Å²) in [5, 5.41) is 0.656. The SMILES string of the molecule is O=C(C(=O)N1CCC(Oc2ccc(F)cc2)CC1)c1c[nH]c2ccc(OCc3ccccc3)cc12. The van der Waals surface area contributed by atoms with Gasteiger partial charge in [0.2, 0.25) is 0 Å². The summed E-state index contributed by atoms with van der Waals surface area (Å²) in [6, 6.07) is 21.2. The van der Waals surface area contributed by atoms with Gasteiger partial charge in [0.1, 0.15) is 30.0 Å². The van der Waals surface area contributed by atoms with E-state index in [0.717, 1.165) is 11.1 Å². The average Bonchev–Trinajstić information content (AvgIpc) is 3.32. The van der Waals surface area contributed by atoms with Crippen LogP contribution in [-0.2, 0) is 11.4 Å². The third kappa shape index (κ3) is 5.19. The Morgan fingerprint density at radius 3 is 2.40 bits per heavy atom. The first-order valence-electron chi connectivity index (χ1n) is 11.6. The van der Waals surface area contributed by atoms with Gasteiger partial charge in [0.15, 0.2) is 0 Å². The number of aromatic amines is 1. The van der Waals surface area contributed by atoms with Crippen LogP contribution in [0.3, 0.4) is 0 Å². The number of carbonyl (C=O) groups is 2. The zero-order chi connectivity index (χ0) is 24.2. The maximum atomic E-state index is 13.1. The molecule has 1 saturated heterocycles. The second-order valence-electron chi connectivity index (χ2n) is 8.58. The molecule has 2 heterocycles. The summed E-state index contributed by atoms with van der Waals surface area (Å²) >= 11 is 0. The van der Waals surface area contributed by atoms with E-state index in [-0.39, 0.29) is 11.9 Å². The van der Waals surface area contributed by atoms with Crippen molar-refractivity contribution in [2.45, 2.75) is 25.6 Å². The van der Waals surface area contributed by atoms with Crippen LogP contribution < -0.4 is 9.47 Å². The van der Waals surface area contributed by atoms with Crippen molar-refractivity contribution in [2.24, 2.45) is 0 Å². The summed E-state index contributed by atoms with van der Waals surface area (Å²) in [6.07, 6.45) is 2.69. The number of carbonyl (C=O) groups excluding carboxylic acids is 2. The highest BCUT2D eigenvalue weighted by Crippen LogP contribution is 2.26. The van der Waals surface area contributed by atoms with Crippen molar-refractivity contribution < 1.29 is 23.5 Å². The molecule has 7 heteroatoms. The van der Waals surface area contributed by atoms with E-state index in [1.54, 1.807) is 29.3 Å². The third-order valence-electron chi connectivity index (χ3n) is 6.19. The number of aromatic nitrogens is 1. The molecule has 1 aromatic heterocycles. The number of rotatable bonds is 7. The number of amides is 1. The van der Waals surface area contributed by atoms with Crippen LogP contribution in [-0.4, -0.2) is 40.8 Å². The highest BCUT2D eigenvalue weighted by Gasteiger charge is 2.30. The minimum Gasteiger partial charge on any atom is -0.490 e. The summed E-state index contributed by atoms with van der Waals surface area (Å²) in [7, 11) is 0. The number of hydrogen-bond acceptors (Lipinski definition) is 4. The monoisotopic (exact) mass is 472 g/mol. The number of ketones is 1. The molecule has 1 aliphatic heterocycles. The van der Waals surface area contributed by atoms with Gasteiger partial charge in [-0.15, -0.1) is 0 Å². The van der Waals surface area contributed by atoms with Crippen LogP contribution in [0.4, 0.5) is 4.39 Å². The van der Waals surface area contributed by atoms with Crippen molar-refractivity contribution in [3.63, 3.8) is 0 Å². The molecule has 1 aliphatic rings. The third-order valence-corrected chi connectivity index (χ3v) is 6.19. The van der Waals surface area contributed by atoms with Crippen LogP contribution in [0.2, 0.25) is 0 Å². The molecule has 0 bridgehead atoms. The fourth-order valence-electron chi connectivity index (χ4n) is 4.26. The fourth-order valence-corrected chi connectivity index (χ4v) is 4.26. The summed E-state index contributed by atoms with van der Waals surface area (Å²) in [5.74, 6) is -0.169. The van der Waals surface area contributed by atoms with Crippen molar-refractivity contribution in [1.29, 1.82) is 0 Å². The lowest BCUT2D eigenvalue weighted by molar-refractivity contribution is -0.128. The van der Waals surface area contributed by atoms with Crippen molar-refractivity contribution in [3.8, 4) is 11.5 Å². The maximum absolute atomic E-state index is 13.1. The number of Topliss-reactive ketones (excluding diaryl/α,β-unsaturated/α-hetero) is 1. The van der Waals surface area contributed by atoms with Gasteiger partial charge in [-0.1, -0.05) is 30.3 Å². The maximum Gasteiger partial charge on any atom is 0.295 e. The molecule has 1 amide bonds. The van der Waals surface area contributed by atoms with E-state index in [9.17, 15) is 14.0 Å². The molecule has 35 heavy (non-hydrogen) atoms. The largest absolute Gasteiger partial charge is 0.490 e. The first-order chi connectivity index (χ1) is 17.1. The van der Waals surface area contributed by atoms with E-state index in [4.69, 9.17) is 9.47 Å². The summed E-state index contributed by atoms with van der Waals surface area (Å²) in [5.41, 5.74) is 2.14. The van der Waals surface area contributed by atoms with Gasteiger partial charge in [-0.3, -0.25) is 9.59 Å².